The van der Waals surface area contributed by atoms with E-state index in [1.165, 1.54) is 4.90 Å². The van der Waals surface area contributed by atoms with Gasteiger partial charge in [0.15, 0.2) is 0 Å². The van der Waals surface area contributed by atoms with Crippen LogP contribution in [0.4, 0.5) is 10.5 Å². The van der Waals surface area contributed by atoms with Crippen molar-refractivity contribution in [2.24, 2.45) is 5.92 Å². The lowest BCUT2D eigenvalue weighted by atomic mass is 9.99. The van der Waals surface area contributed by atoms with Crippen LogP contribution in [0.3, 0.4) is 0 Å². The molecular weight excluding hydrogens is 272 g/mol. The molecule has 1 aliphatic rings. The van der Waals surface area contributed by atoms with Crippen LogP contribution in [0.1, 0.15) is 12.8 Å². The molecule has 1 N–H and O–H groups in total. The molecule has 1 aromatic carbocycles. The van der Waals surface area contributed by atoms with E-state index in [-0.39, 0.29) is 12.6 Å². The number of urea groups is 1. The number of piperidine rings is 1. The maximum atomic E-state index is 12.4. The summed E-state index contributed by atoms with van der Waals surface area (Å²) in [6, 6.07) is 7.00. The number of hydrogen-bond acceptors (Lipinski definition) is 3. The van der Waals surface area contributed by atoms with Gasteiger partial charge in [-0.1, -0.05) is 0 Å². The largest absolute Gasteiger partial charge is 0.497 e. The van der Waals surface area contributed by atoms with Crippen molar-refractivity contribution in [3.05, 3.63) is 24.3 Å². The Morgan fingerprint density at radius 3 is 2.57 bits per heavy atom. The van der Waals surface area contributed by atoms with Gasteiger partial charge < -0.3 is 14.7 Å². The standard InChI is InChI=1S/C15H20N2O4/c1-16(12-5-7-13(21-2)8-6-12)15(20)17-9-3-4-11(10-17)14(18)19/h5-8,11H,3-4,9-10H2,1-2H3,(H,18,19)/t11-/m1/s1. The molecule has 1 saturated heterocycles. The first-order chi connectivity index (χ1) is 10.0. The number of aliphatic carboxylic acids is 1. The topological polar surface area (TPSA) is 70.1 Å². The van der Waals surface area contributed by atoms with Crippen LogP contribution in [0.25, 0.3) is 0 Å². The van der Waals surface area contributed by atoms with Gasteiger partial charge in [0.05, 0.1) is 13.0 Å². The van der Waals surface area contributed by atoms with Crippen LogP contribution in [0.5, 0.6) is 5.75 Å². The molecule has 0 radical (unpaired) electrons. The Hall–Kier alpha value is -2.24. The zero-order valence-electron chi connectivity index (χ0n) is 12.3. The van der Waals surface area contributed by atoms with E-state index in [0.717, 1.165) is 17.9 Å². The van der Waals surface area contributed by atoms with Crippen LogP contribution in [-0.4, -0.2) is 49.3 Å². The van der Waals surface area contributed by atoms with E-state index < -0.39 is 11.9 Å². The number of rotatable bonds is 3. The van der Waals surface area contributed by atoms with E-state index in [1.54, 1.807) is 43.3 Å². The summed E-state index contributed by atoms with van der Waals surface area (Å²) in [6.45, 7) is 0.873. The quantitative estimate of drug-likeness (QED) is 0.925. The lowest BCUT2D eigenvalue weighted by Gasteiger charge is -2.33. The van der Waals surface area contributed by atoms with E-state index >= 15 is 0 Å². The minimum Gasteiger partial charge on any atom is -0.497 e. The smallest absolute Gasteiger partial charge is 0.324 e. The molecule has 1 fully saturated rings. The molecule has 2 amide bonds. The second kappa shape index (κ2) is 6.47. The normalized spacial score (nSPS) is 18.2. The number of likely N-dealkylation sites (tertiary alicyclic amines) is 1. The van der Waals surface area contributed by atoms with Gasteiger partial charge in [-0.05, 0) is 37.1 Å². The lowest BCUT2D eigenvalue weighted by Crippen LogP contribution is -2.47. The van der Waals surface area contributed by atoms with Crippen LogP contribution in [0, 0.1) is 5.92 Å². The molecule has 0 bridgehead atoms. The lowest BCUT2D eigenvalue weighted by molar-refractivity contribution is -0.143. The van der Waals surface area contributed by atoms with Gasteiger partial charge >= 0.3 is 12.0 Å². The van der Waals surface area contributed by atoms with E-state index in [9.17, 15) is 9.59 Å². The van der Waals surface area contributed by atoms with Crippen LogP contribution < -0.4 is 9.64 Å². The van der Waals surface area contributed by atoms with Gasteiger partial charge in [0.25, 0.3) is 0 Å². The minimum absolute atomic E-state index is 0.175. The Bertz CT molecular complexity index is 515. The Morgan fingerprint density at radius 1 is 1.33 bits per heavy atom. The summed E-state index contributed by atoms with van der Waals surface area (Å²) in [7, 11) is 3.28. The molecule has 1 aliphatic heterocycles. The Balaban J connectivity index is 2.05. The highest BCUT2D eigenvalue weighted by molar-refractivity contribution is 5.91. The molecule has 0 spiro atoms. The van der Waals surface area contributed by atoms with Crippen LogP contribution in [0.15, 0.2) is 24.3 Å². The van der Waals surface area contributed by atoms with Gasteiger partial charge in [-0.25, -0.2) is 4.79 Å². The molecule has 1 aromatic rings. The zero-order valence-corrected chi connectivity index (χ0v) is 12.3. The van der Waals surface area contributed by atoms with Crippen molar-refractivity contribution in [1.29, 1.82) is 0 Å². The van der Waals surface area contributed by atoms with E-state index in [4.69, 9.17) is 9.84 Å². The summed E-state index contributed by atoms with van der Waals surface area (Å²) in [5.74, 6) is -0.574. The number of carboxylic acid groups (broad SMARTS) is 1. The number of hydrogen-bond donors (Lipinski definition) is 1. The highest BCUT2D eigenvalue weighted by Crippen LogP contribution is 2.22. The number of carbonyl (C=O) groups is 2. The predicted molar refractivity (Wildman–Crippen MR) is 78.7 cm³/mol. The zero-order chi connectivity index (χ0) is 15.4. The molecule has 0 aliphatic carbocycles. The molecule has 0 aromatic heterocycles. The van der Waals surface area contributed by atoms with Gasteiger partial charge in [0, 0.05) is 25.8 Å². The number of carbonyl (C=O) groups excluding carboxylic acids is 1. The number of methoxy groups -OCH3 is 1. The minimum atomic E-state index is -0.834. The molecule has 114 valence electrons. The van der Waals surface area contributed by atoms with Crippen LogP contribution in [-0.2, 0) is 4.79 Å². The summed E-state index contributed by atoms with van der Waals surface area (Å²) in [5, 5.41) is 9.09. The maximum Gasteiger partial charge on any atom is 0.324 e. The molecule has 1 heterocycles. The number of ether oxygens (including phenoxy) is 1. The Morgan fingerprint density at radius 2 is 2.00 bits per heavy atom. The summed E-state index contributed by atoms with van der Waals surface area (Å²) in [5.41, 5.74) is 0.748. The highest BCUT2D eigenvalue weighted by atomic mass is 16.5. The molecule has 6 nitrogen and oxygen atoms in total. The van der Waals surface area contributed by atoms with Crippen LogP contribution >= 0.6 is 0 Å². The van der Waals surface area contributed by atoms with Crippen molar-refractivity contribution in [2.45, 2.75) is 12.8 Å². The first kappa shape index (κ1) is 15.2. The second-order valence-electron chi connectivity index (χ2n) is 5.16. The summed E-state index contributed by atoms with van der Waals surface area (Å²) in [6.07, 6.45) is 1.35. The molecular formula is C15H20N2O4. The molecule has 0 unspecified atom stereocenters. The maximum absolute atomic E-state index is 12.4. The van der Waals surface area contributed by atoms with Gasteiger partial charge in [0.2, 0.25) is 0 Å². The summed E-state index contributed by atoms with van der Waals surface area (Å²) in [4.78, 5) is 26.7. The molecule has 2 rings (SSSR count). The third-order valence-electron chi connectivity index (χ3n) is 3.79. The first-order valence-electron chi connectivity index (χ1n) is 6.92. The van der Waals surface area contributed by atoms with Crippen molar-refractivity contribution < 1.29 is 19.4 Å². The van der Waals surface area contributed by atoms with Gasteiger partial charge in [-0.2, -0.15) is 0 Å². The monoisotopic (exact) mass is 292 g/mol. The van der Waals surface area contributed by atoms with Gasteiger partial charge in [-0.3, -0.25) is 9.69 Å². The Labute approximate surface area is 123 Å². The van der Waals surface area contributed by atoms with Crippen molar-refractivity contribution in [1.82, 2.24) is 4.90 Å². The van der Waals surface area contributed by atoms with Crippen molar-refractivity contribution in [3.63, 3.8) is 0 Å². The van der Waals surface area contributed by atoms with Gasteiger partial charge in [0.1, 0.15) is 5.75 Å². The third kappa shape index (κ3) is 3.45. The number of anilines is 1. The fourth-order valence-electron chi connectivity index (χ4n) is 2.48. The van der Waals surface area contributed by atoms with Crippen molar-refractivity contribution in [3.8, 4) is 5.75 Å². The molecule has 21 heavy (non-hydrogen) atoms. The summed E-state index contributed by atoms with van der Waals surface area (Å²) < 4.78 is 5.09. The van der Waals surface area contributed by atoms with E-state index in [2.05, 4.69) is 0 Å². The van der Waals surface area contributed by atoms with E-state index in [0.29, 0.717) is 13.0 Å². The first-order valence-corrected chi connectivity index (χ1v) is 6.92. The summed E-state index contributed by atoms with van der Waals surface area (Å²) >= 11 is 0. The van der Waals surface area contributed by atoms with Crippen molar-refractivity contribution in [2.75, 3.05) is 32.1 Å². The van der Waals surface area contributed by atoms with Gasteiger partial charge in [-0.15, -0.1) is 0 Å². The predicted octanol–water partition coefficient (Wildman–Crippen LogP) is 2.05. The Kier molecular flexibility index (Phi) is 4.67. The average Bonchev–Trinajstić information content (AvgIpc) is 2.53. The van der Waals surface area contributed by atoms with Crippen molar-refractivity contribution >= 4 is 17.7 Å². The third-order valence-corrected chi connectivity index (χ3v) is 3.79. The molecule has 1 atom stereocenters. The SMILES string of the molecule is COc1ccc(N(C)C(=O)N2CCC[C@@H](C(=O)O)C2)cc1. The van der Waals surface area contributed by atoms with E-state index in [1.807, 2.05) is 0 Å². The number of amides is 2. The number of benzene rings is 1. The van der Waals surface area contributed by atoms with Crippen LogP contribution in [0.2, 0.25) is 0 Å². The second-order valence-corrected chi connectivity index (χ2v) is 5.16. The molecule has 0 saturated carbocycles. The number of nitrogens with zero attached hydrogens (tertiary/aromatic N) is 2. The molecule has 6 heteroatoms. The fourth-order valence-corrected chi connectivity index (χ4v) is 2.48. The fraction of sp³-hybridized carbons (Fsp3) is 0.467. The highest BCUT2D eigenvalue weighted by Gasteiger charge is 2.29. The number of carboxylic acids is 1. The average molecular weight is 292 g/mol.